The van der Waals surface area contributed by atoms with E-state index in [1.54, 1.807) is 18.5 Å². The molecule has 0 aliphatic heterocycles. The van der Waals surface area contributed by atoms with Crippen LogP contribution in [0.1, 0.15) is 52.7 Å². The maximum atomic E-state index is 13.1. The highest BCUT2D eigenvalue weighted by Crippen LogP contribution is 2.33. The number of nitrogens with zero attached hydrogens (tertiary/aromatic N) is 1. The average molecular weight is 379 g/mol. The summed E-state index contributed by atoms with van der Waals surface area (Å²) in [5.74, 6) is -1.03. The van der Waals surface area contributed by atoms with Crippen molar-refractivity contribution in [1.29, 1.82) is 0 Å². The van der Waals surface area contributed by atoms with Gasteiger partial charge in [-0.1, -0.05) is 25.0 Å². The molecule has 2 rings (SSSR count). The number of unbranched alkanes of at least 4 members (excludes halogenated alkanes) is 3. The third-order valence-electron chi connectivity index (χ3n) is 4.33. The van der Waals surface area contributed by atoms with Gasteiger partial charge in [-0.15, -0.1) is 0 Å². The lowest BCUT2D eigenvalue weighted by Crippen LogP contribution is -2.21. The monoisotopic (exact) mass is 379 g/mol. The Morgan fingerprint density at radius 2 is 1.74 bits per heavy atom. The molecule has 0 bridgehead atoms. The van der Waals surface area contributed by atoms with Crippen molar-refractivity contribution in [3.05, 3.63) is 65.0 Å². The third kappa shape index (κ3) is 6.67. The maximum absolute atomic E-state index is 13.1. The average Bonchev–Trinajstić information content (AvgIpc) is 2.63. The molecule has 146 valence electrons. The topological polar surface area (TPSA) is 68.0 Å². The highest BCUT2D eigenvalue weighted by molar-refractivity contribution is 5.96. The lowest BCUT2D eigenvalue weighted by atomic mass is 9.95. The Labute approximate surface area is 157 Å². The van der Waals surface area contributed by atoms with E-state index in [0.29, 0.717) is 18.4 Å². The Balaban J connectivity index is 1.73. The maximum Gasteiger partial charge on any atom is 0.417 e. The van der Waals surface area contributed by atoms with Gasteiger partial charge in [-0.3, -0.25) is 9.78 Å². The minimum atomic E-state index is -4.58. The third-order valence-corrected chi connectivity index (χ3v) is 4.33. The quantitative estimate of drug-likeness (QED) is 0.611. The van der Waals surface area contributed by atoms with Crippen LogP contribution in [0.15, 0.2) is 42.7 Å². The van der Waals surface area contributed by atoms with Gasteiger partial charge < -0.3 is 11.1 Å². The van der Waals surface area contributed by atoms with E-state index in [2.05, 4.69) is 10.3 Å². The fourth-order valence-corrected chi connectivity index (χ4v) is 2.99. The van der Waals surface area contributed by atoms with E-state index in [4.69, 9.17) is 5.73 Å². The molecule has 0 atom stereocenters. The number of halogens is 3. The Morgan fingerprint density at radius 1 is 1.04 bits per heavy atom. The number of nitrogens with one attached hydrogen (secondary N) is 1. The van der Waals surface area contributed by atoms with Crippen LogP contribution in [0.25, 0.3) is 0 Å². The molecule has 0 radical (unpaired) electrons. The van der Waals surface area contributed by atoms with Gasteiger partial charge in [0.05, 0.1) is 11.1 Å². The summed E-state index contributed by atoms with van der Waals surface area (Å²) < 4.78 is 39.2. The van der Waals surface area contributed by atoms with Crippen LogP contribution in [0.5, 0.6) is 0 Å². The predicted molar refractivity (Wildman–Crippen MR) is 98.1 cm³/mol. The van der Waals surface area contributed by atoms with Gasteiger partial charge in [0.2, 0.25) is 5.91 Å². The van der Waals surface area contributed by atoms with E-state index in [1.807, 2.05) is 12.1 Å². The predicted octanol–water partition coefficient (Wildman–Crippen LogP) is 4.09. The molecule has 0 aliphatic rings. The molecule has 0 aliphatic carbocycles. The van der Waals surface area contributed by atoms with Gasteiger partial charge in [0.15, 0.2) is 0 Å². The largest absolute Gasteiger partial charge is 0.417 e. The van der Waals surface area contributed by atoms with Crippen LogP contribution >= 0.6 is 0 Å². The van der Waals surface area contributed by atoms with Crippen LogP contribution in [-0.2, 0) is 19.1 Å². The minimum Gasteiger partial charge on any atom is -0.366 e. The van der Waals surface area contributed by atoms with Crippen molar-refractivity contribution in [3.8, 4) is 0 Å². The molecule has 27 heavy (non-hydrogen) atoms. The van der Waals surface area contributed by atoms with Crippen LogP contribution in [-0.4, -0.2) is 17.4 Å². The number of rotatable bonds is 10. The molecule has 1 heterocycles. The molecule has 0 unspecified atom stereocenters. The van der Waals surface area contributed by atoms with E-state index in [1.165, 1.54) is 11.6 Å². The summed E-state index contributed by atoms with van der Waals surface area (Å²) in [7, 11) is 0. The Morgan fingerprint density at radius 3 is 2.41 bits per heavy atom. The molecular weight excluding hydrogens is 355 g/mol. The number of amides is 1. The van der Waals surface area contributed by atoms with Gasteiger partial charge in [0.1, 0.15) is 0 Å². The van der Waals surface area contributed by atoms with Gasteiger partial charge in [-0.2, -0.15) is 13.2 Å². The minimum absolute atomic E-state index is 0.369. The van der Waals surface area contributed by atoms with E-state index in [-0.39, 0.29) is 0 Å². The molecular formula is C20H24F3N3O. The number of alkyl halides is 3. The first-order valence-electron chi connectivity index (χ1n) is 8.98. The Kier molecular flexibility index (Phi) is 7.79. The molecule has 0 fully saturated rings. The fraction of sp³-hybridized carbons (Fsp3) is 0.400. The summed E-state index contributed by atoms with van der Waals surface area (Å²) in [5.41, 5.74) is 5.39. The lowest BCUT2D eigenvalue weighted by molar-refractivity contribution is -0.138. The lowest BCUT2D eigenvalue weighted by Gasteiger charge is -2.14. The first kappa shape index (κ1) is 20.9. The zero-order valence-corrected chi connectivity index (χ0v) is 15.1. The number of primary amides is 1. The van der Waals surface area contributed by atoms with Gasteiger partial charge in [-0.05, 0) is 55.1 Å². The summed E-state index contributed by atoms with van der Waals surface area (Å²) in [6.07, 6.45) is 2.88. The van der Waals surface area contributed by atoms with Crippen molar-refractivity contribution in [2.45, 2.75) is 44.8 Å². The first-order valence-corrected chi connectivity index (χ1v) is 8.98. The summed E-state index contributed by atoms with van der Waals surface area (Å²) in [4.78, 5) is 15.5. The summed E-state index contributed by atoms with van der Waals surface area (Å²) in [5, 5.41) is 3.34. The summed E-state index contributed by atoms with van der Waals surface area (Å²) in [6, 6.07) is 7.69. The molecule has 2 aromatic rings. The molecule has 0 saturated carbocycles. The van der Waals surface area contributed by atoms with Crippen LogP contribution in [0.2, 0.25) is 0 Å². The SMILES string of the molecule is NC(=O)c1c(CCCCCCNCc2ccncc2)cccc1C(F)(F)F. The van der Waals surface area contributed by atoms with Crippen molar-refractivity contribution in [3.63, 3.8) is 0 Å². The zero-order chi connectivity index (χ0) is 19.7. The summed E-state index contributed by atoms with van der Waals surface area (Å²) >= 11 is 0. The number of hydrogen-bond acceptors (Lipinski definition) is 3. The summed E-state index contributed by atoms with van der Waals surface area (Å²) in [6.45, 7) is 1.66. The van der Waals surface area contributed by atoms with Crippen LogP contribution < -0.4 is 11.1 Å². The highest BCUT2D eigenvalue weighted by Gasteiger charge is 2.35. The number of carbonyl (C=O) groups is 1. The van der Waals surface area contributed by atoms with E-state index in [0.717, 1.165) is 38.4 Å². The number of pyridine rings is 1. The molecule has 3 N–H and O–H groups in total. The molecule has 0 spiro atoms. The van der Waals surface area contributed by atoms with Crippen LogP contribution in [0, 0.1) is 0 Å². The van der Waals surface area contributed by atoms with Gasteiger partial charge >= 0.3 is 6.18 Å². The van der Waals surface area contributed by atoms with Crippen LogP contribution in [0.3, 0.4) is 0 Å². The standard InChI is InChI=1S/C20H24F3N3O/c21-20(22,23)17-8-5-7-16(18(17)19(24)27)6-3-1-2-4-11-26-14-15-9-12-25-13-10-15/h5,7-10,12-13,26H,1-4,6,11,14H2,(H2,24,27). The number of aromatic nitrogens is 1. The normalized spacial score (nSPS) is 11.5. The van der Waals surface area contributed by atoms with E-state index >= 15 is 0 Å². The molecule has 1 aromatic heterocycles. The Hall–Kier alpha value is -2.41. The number of benzene rings is 1. The molecule has 0 saturated heterocycles. The zero-order valence-electron chi connectivity index (χ0n) is 15.1. The second-order valence-corrected chi connectivity index (χ2v) is 6.40. The highest BCUT2D eigenvalue weighted by atomic mass is 19.4. The number of aryl methyl sites for hydroxylation is 1. The number of carbonyl (C=O) groups excluding carboxylic acids is 1. The van der Waals surface area contributed by atoms with Gasteiger partial charge in [0.25, 0.3) is 0 Å². The first-order chi connectivity index (χ1) is 12.9. The van der Waals surface area contributed by atoms with E-state index in [9.17, 15) is 18.0 Å². The van der Waals surface area contributed by atoms with Gasteiger partial charge in [0, 0.05) is 18.9 Å². The smallest absolute Gasteiger partial charge is 0.366 e. The second-order valence-electron chi connectivity index (χ2n) is 6.40. The molecule has 7 heteroatoms. The number of hydrogen-bond donors (Lipinski definition) is 2. The second kappa shape index (κ2) is 10.1. The van der Waals surface area contributed by atoms with Crippen LogP contribution in [0.4, 0.5) is 13.2 Å². The molecule has 1 aromatic carbocycles. The van der Waals surface area contributed by atoms with Gasteiger partial charge in [-0.25, -0.2) is 0 Å². The Bertz CT molecular complexity index is 733. The van der Waals surface area contributed by atoms with Crippen molar-refractivity contribution < 1.29 is 18.0 Å². The number of nitrogens with two attached hydrogens (primary N) is 1. The molecule has 4 nitrogen and oxygen atoms in total. The van der Waals surface area contributed by atoms with Crippen molar-refractivity contribution in [1.82, 2.24) is 10.3 Å². The van der Waals surface area contributed by atoms with E-state index < -0.39 is 23.2 Å². The molecule has 1 amide bonds. The van der Waals surface area contributed by atoms with Crippen molar-refractivity contribution in [2.75, 3.05) is 6.54 Å². The van der Waals surface area contributed by atoms with Crippen molar-refractivity contribution in [2.24, 2.45) is 5.73 Å². The fourth-order valence-electron chi connectivity index (χ4n) is 2.99. The van der Waals surface area contributed by atoms with Crippen molar-refractivity contribution >= 4 is 5.91 Å².